The van der Waals surface area contributed by atoms with Gasteiger partial charge in [-0.25, -0.2) is 0 Å². The van der Waals surface area contributed by atoms with Crippen molar-refractivity contribution in [3.63, 3.8) is 0 Å². The van der Waals surface area contributed by atoms with Crippen molar-refractivity contribution in [1.82, 2.24) is 10.6 Å². The molecule has 0 heterocycles. The van der Waals surface area contributed by atoms with Crippen molar-refractivity contribution in [2.75, 3.05) is 13.1 Å². The molecule has 0 saturated heterocycles. The highest BCUT2D eigenvalue weighted by atomic mass is 16.2. The van der Waals surface area contributed by atoms with Gasteiger partial charge in [0.15, 0.2) is 0 Å². The number of rotatable bonds is 6. The summed E-state index contributed by atoms with van der Waals surface area (Å²) in [7, 11) is 0. The molecule has 0 saturated carbocycles. The van der Waals surface area contributed by atoms with E-state index in [-0.39, 0.29) is 17.7 Å². The van der Waals surface area contributed by atoms with Gasteiger partial charge in [0.25, 0.3) is 0 Å². The number of carbonyl (C=O) groups is 2. The van der Waals surface area contributed by atoms with Gasteiger partial charge in [0.1, 0.15) is 0 Å². The van der Waals surface area contributed by atoms with E-state index in [1.807, 2.05) is 6.92 Å². The van der Waals surface area contributed by atoms with Crippen LogP contribution in [0.2, 0.25) is 0 Å². The molecule has 0 spiro atoms. The van der Waals surface area contributed by atoms with Crippen LogP contribution in [0.25, 0.3) is 0 Å². The van der Waals surface area contributed by atoms with Crippen LogP contribution in [-0.2, 0) is 9.59 Å². The lowest BCUT2D eigenvalue weighted by molar-refractivity contribution is -0.116. The van der Waals surface area contributed by atoms with Crippen molar-refractivity contribution in [3.05, 3.63) is 25.3 Å². The number of hydrogen-bond acceptors (Lipinski definition) is 2. The molecule has 78 valence electrons. The highest BCUT2D eigenvalue weighted by Gasteiger charge is 2.03. The molecule has 4 heteroatoms. The van der Waals surface area contributed by atoms with Crippen LogP contribution >= 0.6 is 0 Å². The molecule has 4 nitrogen and oxygen atoms in total. The Morgan fingerprint density at radius 3 is 1.79 bits per heavy atom. The van der Waals surface area contributed by atoms with Crippen LogP contribution < -0.4 is 10.6 Å². The van der Waals surface area contributed by atoms with E-state index < -0.39 is 0 Å². The van der Waals surface area contributed by atoms with Crippen molar-refractivity contribution < 1.29 is 9.59 Å². The van der Waals surface area contributed by atoms with Gasteiger partial charge in [-0.15, -0.1) is 0 Å². The average Bonchev–Trinajstić information content (AvgIpc) is 2.22. The van der Waals surface area contributed by atoms with Crippen LogP contribution in [0.1, 0.15) is 6.92 Å². The first-order valence-corrected chi connectivity index (χ1v) is 4.40. The minimum Gasteiger partial charge on any atom is -0.352 e. The second-order valence-electron chi connectivity index (χ2n) is 3.00. The molecule has 0 aliphatic rings. The zero-order valence-electron chi connectivity index (χ0n) is 8.38. The summed E-state index contributed by atoms with van der Waals surface area (Å²) >= 11 is 0. The fourth-order valence-corrected chi connectivity index (χ4v) is 0.766. The van der Waals surface area contributed by atoms with Crippen molar-refractivity contribution in [3.8, 4) is 0 Å². The molecule has 2 amide bonds. The lowest BCUT2D eigenvalue weighted by Gasteiger charge is -2.11. The van der Waals surface area contributed by atoms with Gasteiger partial charge in [0.2, 0.25) is 11.8 Å². The van der Waals surface area contributed by atoms with Gasteiger partial charge in [-0.1, -0.05) is 20.1 Å². The van der Waals surface area contributed by atoms with E-state index in [0.29, 0.717) is 13.1 Å². The minimum atomic E-state index is -0.202. The fraction of sp³-hybridized carbons (Fsp3) is 0.400. The molecular weight excluding hydrogens is 180 g/mol. The largest absolute Gasteiger partial charge is 0.352 e. The highest BCUT2D eigenvalue weighted by Crippen LogP contribution is 1.89. The Morgan fingerprint density at radius 2 is 1.50 bits per heavy atom. The Bertz CT molecular complexity index is 212. The van der Waals surface area contributed by atoms with Crippen LogP contribution in [0.15, 0.2) is 25.3 Å². The van der Waals surface area contributed by atoms with E-state index in [1.165, 1.54) is 12.2 Å². The summed E-state index contributed by atoms with van der Waals surface area (Å²) in [5, 5.41) is 5.28. The van der Waals surface area contributed by atoms with Crippen LogP contribution in [0, 0.1) is 5.92 Å². The summed E-state index contributed by atoms with van der Waals surface area (Å²) in [5.41, 5.74) is 0. The minimum absolute atomic E-state index is 0.183. The Kier molecular flexibility index (Phi) is 6.11. The number of nitrogens with one attached hydrogen (secondary N) is 2. The quantitative estimate of drug-likeness (QED) is 0.597. The van der Waals surface area contributed by atoms with Crippen LogP contribution in [0.3, 0.4) is 0 Å². The molecule has 0 rings (SSSR count). The van der Waals surface area contributed by atoms with Crippen molar-refractivity contribution in [2.24, 2.45) is 5.92 Å². The van der Waals surface area contributed by atoms with E-state index in [0.717, 1.165) is 0 Å². The van der Waals surface area contributed by atoms with Crippen molar-refractivity contribution >= 4 is 11.8 Å². The van der Waals surface area contributed by atoms with Gasteiger partial charge in [-0.05, 0) is 18.1 Å². The highest BCUT2D eigenvalue weighted by molar-refractivity contribution is 5.87. The summed E-state index contributed by atoms with van der Waals surface area (Å²) < 4.78 is 0. The first kappa shape index (κ1) is 12.4. The number of hydrogen-bond donors (Lipinski definition) is 2. The van der Waals surface area contributed by atoms with E-state index >= 15 is 0 Å². The van der Waals surface area contributed by atoms with Gasteiger partial charge < -0.3 is 10.6 Å². The smallest absolute Gasteiger partial charge is 0.243 e. The van der Waals surface area contributed by atoms with Gasteiger partial charge in [0, 0.05) is 13.1 Å². The maximum Gasteiger partial charge on any atom is 0.243 e. The third kappa shape index (κ3) is 5.99. The molecule has 0 aromatic heterocycles. The zero-order chi connectivity index (χ0) is 11.0. The fourth-order valence-electron chi connectivity index (χ4n) is 0.766. The van der Waals surface area contributed by atoms with Crippen molar-refractivity contribution in [2.45, 2.75) is 6.92 Å². The maximum atomic E-state index is 10.8. The van der Waals surface area contributed by atoms with E-state index in [9.17, 15) is 9.59 Å². The SMILES string of the molecule is C=CC(=O)NCC(C)CNC(=O)C=C. The second kappa shape index (κ2) is 6.88. The molecule has 14 heavy (non-hydrogen) atoms. The molecule has 0 aromatic rings. The van der Waals surface area contributed by atoms with Crippen LogP contribution in [0.5, 0.6) is 0 Å². The molecule has 0 aliphatic carbocycles. The maximum absolute atomic E-state index is 10.8. The molecule has 0 aromatic carbocycles. The van der Waals surface area contributed by atoms with Gasteiger partial charge in [0.05, 0.1) is 0 Å². The first-order chi connectivity index (χ1) is 6.60. The third-order valence-corrected chi connectivity index (χ3v) is 1.62. The summed E-state index contributed by atoms with van der Waals surface area (Å²) in [6.07, 6.45) is 2.43. The van der Waals surface area contributed by atoms with E-state index in [4.69, 9.17) is 0 Å². The molecule has 2 N–H and O–H groups in total. The summed E-state index contributed by atoms with van der Waals surface area (Å²) in [5.74, 6) is -0.221. The molecular formula is C10H16N2O2. The Morgan fingerprint density at radius 1 is 1.14 bits per heavy atom. The summed E-state index contributed by atoms with van der Waals surface area (Å²) in [6, 6.07) is 0. The monoisotopic (exact) mass is 196 g/mol. The van der Waals surface area contributed by atoms with Gasteiger partial charge in [-0.3, -0.25) is 9.59 Å². The molecule has 0 atom stereocenters. The lowest BCUT2D eigenvalue weighted by Crippen LogP contribution is -2.34. The lowest BCUT2D eigenvalue weighted by atomic mass is 10.2. The molecule has 0 bridgehead atoms. The van der Waals surface area contributed by atoms with E-state index in [2.05, 4.69) is 23.8 Å². The Balaban J connectivity index is 3.60. The van der Waals surface area contributed by atoms with Gasteiger partial charge >= 0.3 is 0 Å². The van der Waals surface area contributed by atoms with E-state index in [1.54, 1.807) is 0 Å². The Labute approximate surface area is 84.1 Å². The topological polar surface area (TPSA) is 58.2 Å². The normalized spacial score (nSPS) is 9.29. The summed E-state index contributed by atoms with van der Waals surface area (Å²) in [6.45, 7) is 9.62. The Hall–Kier alpha value is -1.58. The second-order valence-corrected chi connectivity index (χ2v) is 3.00. The molecule has 0 unspecified atom stereocenters. The third-order valence-electron chi connectivity index (χ3n) is 1.62. The zero-order valence-corrected chi connectivity index (χ0v) is 8.38. The van der Waals surface area contributed by atoms with Crippen LogP contribution in [0.4, 0.5) is 0 Å². The number of carbonyl (C=O) groups excluding carboxylic acids is 2. The van der Waals surface area contributed by atoms with Crippen molar-refractivity contribution in [1.29, 1.82) is 0 Å². The average molecular weight is 196 g/mol. The number of amides is 2. The summed E-state index contributed by atoms with van der Waals surface area (Å²) in [4.78, 5) is 21.6. The molecule has 0 radical (unpaired) electrons. The predicted octanol–water partition coefficient (Wildman–Crippen LogP) is 0.227. The first-order valence-electron chi connectivity index (χ1n) is 4.40. The standard InChI is InChI=1S/C10H16N2O2/c1-4-9(13)11-6-8(3)7-12-10(14)5-2/h4-5,8H,1-2,6-7H2,3H3,(H,11,13)(H,12,14). The van der Waals surface area contributed by atoms with Crippen LogP contribution in [-0.4, -0.2) is 24.9 Å². The molecule has 0 fully saturated rings. The molecule has 0 aliphatic heterocycles. The van der Waals surface area contributed by atoms with Gasteiger partial charge in [-0.2, -0.15) is 0 Å². The predicted molar refractivity (Wildman–Crippen MR) is 55.6 cm³/mol.